The van der Waals surface area contributed by atoms with Crippen molar-refractivity contribution in [2.45, 2.75) is 44.4 Å². The van der Waals surface area contributed by atoms with Gasteiger partial charge in [-0.25, -0.2) is 4.39 Å². The first-order valence-corrected chi connectivity index (χ1v) is 9.29. The van der Waals surface area contributed by atoms with Crippen molar-refractivity contribution in [3.63, 3.8) is 0 Å². The molecule has 2 atom stereocenters. The number of piperazine rings is 1. The van der Waals surface area contributed by atoms with Crippen molar-refractivity contribution in [2.24, 2.45) is 0 Å². The summed E-state index contributed by atoms with van der Waals surface area (Å²) in [5, 5.41) is 13.2. The first kappa shape index (κ1) is 17.8. The van der Waals surface area contributed by atoms with Gasteiger partial charge in [0.1, 0.15) is 5.82 Å². The molecule has 2 N–H and O–H groups in total. The van der Waals surface area contributed by atoms with Crippen molar-refractivity contribution in [3.05, 3.63) is 35.6 Å². The minimum Gasteiger partial charge on any atom is -0.393 e. The van der Waals surface area contributed by atoms with E-state index in [1.54, 1.807) is 12.1 Å². The third-order valence-electron chi connectivity index (χ3n) is 5.51. The Balaban J connectivity index is 1.78. The van der Waals surface area contributed by atoms with Crippen LogP contribution in [-0.4, -0.2) is 66.3 Å². The van der Waals surface area contributed by atoms with Crippen molar-refractivity contribution >= 4 is 0 Å². The summed E-state index contributed by atoms with van der Waals surface area (Å²) in [6.07, 6.45) is 2.68. The normalized spacial score (nSPS) is 25.7. The number of nitrogens with zero attached hydrogens (tertiary/aromatic N) is 2. The highest BCUT2D eigenvalue weighted by Crippen LogP contribution is 2.27. The molecule has 1 aromatic carbocycles. The van der Waals surface area contributed by atoms with E-state index >= 15 is 0 Å². The summed E-state index contributed by atoms with van der Waals surface area (Å²) < 4.78 is 13.4. The lowest BCUT2D eigenvalue weighted by Gasteiger charge is -2.44. The minimum atomic E-state index is -0.175. The number of aliphatic hydroxyl groups excluding tert-OH is 1. The molecular formula is C19H30FN3O. The van der Waals surface area contributed by atoms with Gasteiger partial charge in [0, 0.05) is 51.4 Å². The van der Waals surface area contributed by atoms with Crippen molar-refractivity contribution < 1.29 is 9.50 Å². The number of piperidine rings is 1. The summed E-state index contributed by atoms with van der Waals surface area (Å²) >= 11 is 0. The molecule has 1 aromatic rings. The number of benzene rings is 1. The molecule has 2 aliphatic heterocycles. The molecule has 24 heavy (non-hydrogen) atoms. The minimum absolute atomic E-state index is 0.145. The maximum Gasteiger partial charge on any atom is 0.123 e. The third kappa shape index (κ3) is 4.33. The van der Waals surface area contributed by atoms with Crippen LogP contribution in [0.1, 0.15) is 37.8 Å². The lowest BCUT2D eigenvalue weighted by Crippen LogP contribution is -2.54. The molecule has 3 rings (SSSR count). The Bertz CT molecular complexity index is 502. The van der Waals surface area contributed by atoms with Gasteiger partial charge >= 0.3 is 0 Å². The van der Waals surface area contributed by atoms with E-state index in [1.807, 2.05) is 12.1 Å². The molecule has 0 amide bonds. The largest absolute Gasteiger partial charge is 0.393 e. The average Bonchev–Trinajstić information content (AvgIpc) is 2.62. The summed E-state index contributed by atoms with van der Waals surface area (Å²) in [4.78, 5) is 5.05. The van der Waals surface area contributed by atoms with Gasteiger partial charge < -0.3 is 15.3 Å². The van der Waals surface area contributed by atoms with Gasteiger partial charge in [0.15, 0.2) is 0 Å². The molecule has 0 spiro atoms. The van der Waals surface area contributed by atoms with Crippen molar-refractivity contribution in [1.82, 2.24) is 15.1 Å². The molecule has 0 radical (unpaired) electrons. The molecule has 0 bridgehead atoms. The summed E-state index contributed by atoms with van der Waals surface area (Å²) in [6, 6.07) is 7.83. The maximum atomic E-state index is 13.4. The van der Waals surface area contributed by atoms with E-state index in [4.69, 9.17) is 0 Å². The van der Waals surface area contributed by atoms with Gasteiger partial charge in [0.2, 0.25) is 0 Å². The molecule has 134 valence electrons. The SMILES string of the molecule is CCC1CNCCN1C(CN1CCC(O)CC1)c1ccc(F)cc1. The Morgan fingerprint density at radius 1 is 1.21 bits per heavy atom. The van der Waals surface area contributed by atoms with Gasteiger partial charge in [0.05, 0.1) is 6.10 Å². The van der Waals surface area contributed by atoms with Crippen molar-refractivity contribution in [3.8, 4) is 0 Å². The summed E-state index contributed by atoms with van der Waals surface area (Å²) in [7, 11) is 0. The van der Waals surface area contributed by atoms with Gasteiger partial charge in [-0.05, 0) is 37.0 Å². The number of rotatable bonds is 5. The number of aliphatic hydroxyl groups is 1. The third-order valence-corrected chi connectivity index (χ3v) is 5.51. The average molecular weight is 335 g/mol. The number of halogens is 1. The molecule has 0 aromatic heterocycles. The summed E-state index contributed by atoms with van der Waals surface area (Å²) in [5.74, 6) is -0.175. The quantitative estimate of drug-likeness (QED) is 0.863. The summed E-state index contributed by atoms with van der Waals surface area (Å²) in [5.41, 5.74) is 1.20. The van der Waals surface area contributed by atoms with E-state index in [0.29, 0.717) is 6.04 Å². The van der Waals surface area contributed by atoms with Crippen LogP contribution in [0.25, 0.3) is 0 Å². The van der Waals surface area contributed by atoms with Gasteiger partial charge in [-0.2, -0.15) is 0 Å². The van der Waals surface area contributed by atoms with Crippen LogP contribution < -0.4 is 5.32 Å². The second kappa shape index (κ2) is 8.39. The fraction of sp³-hybridized carbons (Fsp3) is 0.684. The molecule has 2 fully saturated rings. The lowest BCUT2D eigenvalue weighted by molar-refractivity contribution is 0.0417. The molecule has 2 heterocycles. The van der Waals surface area contributed by atoms with Crippen LogP contribution in [0.2, 0.25) is 0 Å². The Labute approximate surface area is 144 Å². The van der Waals surface area contributed by atoms with E-state index in [-0.39, 0.29) is 18.0 Å². The molecule has 2 unspecified atom stereocenters. The predicted octanol–water partition coefficient (Wildman–Crippen LogP) is 2.01. The Morgan fingerprint density at radius 2 is 1.92 bits per heavy atom. The Morgan fingerprint density at radius 3 is 2.58 bits per heavy atom. The smallest absolute Gasteiger partial charge is 0.123 e. The predicted molar refractivity (Wildman–Crippen MR) is 94.5 cm³/mol. The van der Waals surface area contributed by atoms with Crippen molar-refractivity contribution in [2.75, 3.05) is 39.3 Å². The lowest BCUT2D eigenvalue weighted by atomic mass is 9.98. The molecule has 0 saturated carbocycles. The number of hydrogen-bond acceptors (Lipinski definition) is 4. The number of likely N-dealkylation sites (tertiary alicyclic amines) is 1. The van der Waals surface area contributed by atoms with Crippen LogP contribution in [-0.2, 0) is 0 Å². The zero-order valence-electron chi connectivity index (χ0n) is 14.6. The molecule has 2 aliphatic rings. The second-order valence-corrected chi connectivity index (χ2v) is 7.10. The molecule has 5 heteroatoms. The molecule has 4 nitrogen and oxygen atoms in total. The zero-order valence-corrected chi connectivity index (χ0v) is 14.6. The number of nitrogens with one attached hydrogen (secondary N) is 1. The van der Waals surface area contributed by atoms with Crippen LogP contribution in [0, 0.1) is 5.82 Å². The fourth-order valence-electron chi connectivity index (χ4n) is 4.00. The fourth-order valence-corrected chi connectivity index (χ4v) is 4.00. The van der Waals surface area contributed by atoms with E-state index < -0.39 is 0 Å². The highest BCUT2D eigenvalue weighted by molar-refractivity contribution is 5.21. The summed E-state index contributed by atoms with van der Waals surface area (Å²) in [6.45, 7) is 8.14. The highest BCUT2D eigenvalue weighted by atomic mass is 19.1. The monoisotopic (exact) mass is 335 g/mol. The van der Waals surface area contributed by atoms with Crippen LogP contribution >= 0.6 is 0 Å². The van der Waals surface area contributed by atoms with E-state index in [2.05, 4.69) is 22.0 Å². The van der Waals surface area contributed by atoms with Crippen LogP contribution in [0.15, 0.2) is 24.3 Å². The zero-order chi connectivity index (χ0) is 16.9. The van der Waals surface area contributed by atoms with Gasteiger partial charge in [0.25, 0.3) is 0 Å². The van der Waals surface area contributed by atoms with Gasteiger partial charge in [-0.3, -0.25) is 4.90 Å². The van der Waals surface area contributed by atoms with E-state index in [9.17, 15) is 9.50 Å². The van der Waals surface area contributed by atoms with Crippen molar-refractivity contribution in [1.29, 1.82) is 0 Å². The topological polar surface area (TPSA) is 38.7 Å². The van der Waals surface area contributed by atoms with E-state index in [1.165, 1.54) is 5.56 Å². The number of hydrogen-bond donors (Lipinski definition) is 2. The second-order valence-electron chi connectivity index (χ2n) is 7.10. The first-order chi connectivity index (χ1) is 11.7. The standard InChI is InChI=1S/C19H30FN3O/c1-2-17-13-21-9-12-23(17)19(15-3-5-16(20)6-4-15)14-22-10-7-18(24)8-11-22/h3-6,17-19,21,24H,2,7-14H2,1H3. The Kier molecular flexibility index (Phi) is 6.22. The van der Waals surface area contributed by atoms with Crippen LogP contribution in [0.3, 0.4) is 0 Å². The van der Waals surface area contributed by atoms with Crippen LogP contribution in [0.4, 0.5) is 4.39 Å². The first-order valence-electron chi connectivity index (χ1n) is 9.29. The van der Waals surface area contributed by atoms with Gasteiger partial charge in [-0.15, -0.1) is 0 Å². The molecular weight excluding hydrogens is 305 g/mol. The van der Waals surface area contributed by atoms with E-state index in [0.717, 1.165) is 58.5 Å². The highest BCUT2D eigenvalue weighted by Gasteiger charge is 2.31. The van der Waals surface area contributed by atoms with Gasteiger partial charge in [-0.1, -0.05) is 19.1 Å². The molecule has 0 aliphatic carbocycles. The van der Waals surface area contributed by atoms with Crippen LogP contribution in [0.5, 0.6) is 0 Å². The Hall–Kier alpha value is -1.01. The maximum absolute atomic E-state index is 13.4. The molecule has 2 saturated heterocycles.